The standard InChI is InChI=1S/C48H70N4O9/c1-46(2,3)34-14-11-32(12-15-34)39-29-33(13-18-40(39)59-37-21-24-52(31-37)45(56)61-48(7,8)9)42(53)50-22-19-36(20-23-50)58-41-30-35(16-17-38(41)43(54)57-10)49-25-27-51(28-26-49)44(55)60-47(4,5)6/h13,16-18,29-30,32,34,36-37H,11-12,14-15,19-28,31H2,1-10H3/t32?,34?,37-/m0/s1. The molecule has 0 bridgehead atoms. The average molecular weight is 847 g/mol. The van der Waals surface area contributed by atoms with E-state index in [9.17, 15) is 19.2 Å². The zero-order valence-electron chi connectivity index (χ0n) is 38.3. The number of hydrogen-bond donors (Lipinski definition) is 0. The van der Waals surface area contributed by atoms with Crippen molar-refractivity contribution in [2.24, 2.45) is 11.3 Å². The monoisotopic (exact) mass is 847 g/mol. The van der Waals surface area contributed by atoms with Crippen molar-refractivity contribution in [1.82, 2.24) is 14.7 Å². The Morgan fingerprint density at radius 1 is 0.590 bits per heavy atom. The molecule has 13 heteroatoms. The van der Waals surface area contributed by atoms with E-state index >= 15 is 0 Å². The summed E-state index contributed by atoms with van der Waals surface area (Å²) in [7, 11) is 1.36. The number of amides is 3. The van der Waals surface area contributed by atoms with Crippen LogP contribution in [0, 0.1) is 11.3 Å². The first-order valence-corrected chi connectivity index (χ1v) is 22.4. The Morgan fingerprint density at radius 3 is 1.75 bits per heavy atom. The van der Waals surface area contributed by atoms with Crippen molar-refractivity contribution in [2.75, 3.05) is 64.4 Å². The Labute approximate surface area is 363 Å². The highest BCUT2D eigenvalue weighted by Crippen LogP contribution is 2.46. The Kier molecular flexibility index (Phi) is 14.1. The van der Waals surface area contributed by atoms with Gasteiger partial charge in [0.2, 0.25) is 0 Å². The van der Waals surface area contributed by atoms with E-state index in [1.807, 2.05) is 70.7 Å². The van der Waals surface area contributed by atoms with Crippen LogP contribution in [0.15, 0.2) is 36.4 Å². The fourth-order valence-electron chi connectivity index (χ4n) is 8.97. The van der Waals surface area contributed by atoms with Crippen molar-refractivity contribution in [3.05, 3.63) is 53.1 Å². The number of hydrogen-bond acceptors (Lipinski definition) is 10. The van der Waals surface area contributed by atoms with Crippen molar-refractivity contribution in [3.8, 4) is 11.5 Å². The fraction of sp³-hybridized carbons (Fsp3) is 0.667. The summed E-state index contributed by atoms with van der Waals surface area (Å²) >= 11 is 0. The molecule has 3 aliphatic heterocycles. The predicted octanol–water partition coefficient (Wildman–Crippen LogP) is 8.92. The first kappa shape index (κ1) is 45.8. The van der Waals surface area contributed by atoms with Crippen molar-refractivity contribution in [1.29, 1.82) is 0 Å². The van der Waals surface area contributed by atoms with Gasteiger partial charge >= 0.3 is 18.2 Å². The number of ether oxygens (including phenoxy) is 5. The largest absolute Gasteiger partial charge is 0.489 e. The molecule has 3 amide bonds. The lowest BCUT2D eigenvalue weighted by atomic mass is 9.68. The van der Waals surface area contributed by atoms with Gasteiger partial charge in [0.25, 0.3) is 5.91 Å². The number of carbonyl (C=O) groups is 4. The molecule has 0 spiro atoms. The second-order valence-corrected chi connectivity index (χ2v) is 20.4. The average Bonchev–Trinajstić information content (AvgIpc) is 3.68. The Balaban J connectivity index is 1.11. The number of piperidine rings is 1. The molecule has 2 aromatic carbocycles. The molecule has 13 nitrogen and oxygen atoms in total. The van der Waals surface area contributed by atoms with Gasteiger partial charge in [-0.25, -0.2) is 14.4 Å². The number of methoxy groups -OCH3 is 1. The molecule has 3 heterocycles. The smallest absolute Gasteiger partial charge is 0.410 e. The summed E-state index contributed by atoms with van der Waals surface area (Å²) in [4.78, 5) is 60.0. The summed E-state index contributed by atoms with van der Waals surface area (Å²) in [5.41, 5.74) is 2.08. The molecular weight excluding hydrogens is 777 g/mol. The van der Waals surface area contributed by atoms with E-state index < -0.39 is 17.2 Å². The normalized spacial score (nSPS) is 21.8. The molecule has 1 atom stereocenters. The predicted molar refractivity (Wildman–Crippen MR) is 235 cm³/mol. The molecule has 1 aliphatic carbocycles. The van der Waals surface area contributed by atoms with Gasteiger partial charge in [0, 0.05) is 82.4 Å². The number of likely N-dealkylation sites (tertiary alicyclic amines) is 2. The second kappa shape index (κ2) is 18.7. The summed E-state index contributed by atoms with van der Waals surface area (Å²) in [5, 5.41) is 0. The molecule has 6 rings (SSSR count). The minimum absolute atomic E-state index is 0.0191. The van der Waals surface area contributed by atoms with Crippen LogP contribution in [0.5, 0.6) is 11.5 Å². The molecule has 0 radical (unpaired) electrons. The first-order valence-electron chi connectivity index (χ1n) is 22.4. The van der Waals surface area contributed by atoms with Gasteiger partial charge in [0.05, 0.1) is 13.7 Å². The van der Waals surface area contributed by atoms with Crippen molar-refractivity contribution in [2.45, 2.75) is 137 Å². The third-order valence-electron chi connectivity index (χ3n) is 12.4. The number of carbonyl (C=O) groups excluding carboxylic acids is 4. The van der Waals surface area contributed by atoms with Crippen LogP contribution in [-0.4, -0.2) is 122 Å². The van der Waals surface area contributed by atoms with Crippen molar-refractivity contribution < 1.29 is 42.9 Å². The maximum Gasteiger partial charge on any atom is 0.410 e. The highest BCUT2D eigenvalue weighted by Gasteiger charge is 2.35. The lowest BCUT2D eigenvalue weighted by Crippen LogP contribution is -2.50. The van der Waals surface area contributed by atoms with Crippen LogP contribution in [0.3, 0.4) is 0 Å². The van der Waals surface area contributed by atoms with Gasteiger partial charge in [-0.1, -0.05) is 20.8 Å². The van der Waals surface area contributed by atoms with Gasteiger partial charge in [0.1, 0.15) is 40.5 Å². The summed E-state index contributed by atoms with van der Waals surface area (Å²) in [6, 6.07) is 11.4. The molecule has 0 unspecified atom stereocenters. The third-order valence-corrected chi connectivity index (χ3v) is 12.4. The van der Waals surface area contributed by atoms with Crippen LogP contribution in [0.2, 0.25) is 0 Å². The molecule has 336 valence electrons. The minimum atomic E-state index is -0.565. The summed E-state index contributed by atoms with van der Waals surface area (Å²) in [6.07, 6.45) is 5.23. The van der Waals surface area contributed by atoms with Gasteiger partial charge < -0.3 is 43.3 Å². The highest BCUT2D eigenvalue weighted by molar-refractivity contribution is 5.95. The quantitative estimate of drug-likeness (QED) is 0.188. The lowest BCUT2D eigenvalue weighted by molar-refractivity contribution is 0.0237. The number of benzene rings is 2. The first-order chi connectivity index (χ1) is 28.7. The minimum Gasteiger partial charge on any atom is -0.489 e. The number of esters is 1. The molecule has 1 saturated carbocycles. The molecule has 61 heavy (non-hydrogen) atoms. The van der Waals surface area contributed by atoms with Crippen LogP contribution >= 0.6 is 0 Å². The Bertz CT molecular complexity index is 1870. The van der Waals surface area contributed by atoms with Crippen LogP contribution in [0.4, 0.5) is 15.3 Å². The van der Waals surface area contributed by atoms with Gasteiger partial charge in [0.15, 0.2) is 0 Å². The van der Waals surface area contributed by atoms with Crippen LogP contribution in [0.1, 0.15) is 139 Å². The topological polar surface area (TPSA) is 127 Å². The lowest BCUT2D eigenvalue weighted by Gasteiger charge is -2.38. The Morgan fingerprint density at radius 2 is 1.16 bits per heavy atom. The van der Waals surface area contributed by atoms with Gasteiger partial charge in [-0.3, -0.25) is 4.79 Å². The van der Waals surface area contributed by atoms with E-state index in [0.29, 0.717) is 94.4 Å². The number of piperazine rings is 1. The van der Waals surface area contributed by atoms with Gasteiger partial charge in [-0.2, -0.15) is 0 Å². The van der Waals surface area contributed by atoms with Gasteiger partial charge in [-0.15, -0.1) is 0 Å². The van der Waals surface area contributed by atoms with E-state index in [2.05, 4.69) is 31.7 Å². The summed E-state index contributed by atoms with van der Waals surface area (Å²) < 4.78 is 29.5. The van der Waals surface area contributed by atoms with Gasteiger partial charge in [-0.05, 0) is 120 Å². The third kappa shape index (κ3) is 12.0. The maximum absolute atomic E-state index is 14.2. The van der Waals surface area contributed by atoms with Crippen LogP contribution < -0.4 is 14.4 Å². The summed E-state index contributed by atoms with van der Waals surface area (Å²) in [6.45, 7) is 22.5. The van der Waals surface area contributed by atoms with Crippen LogP contribution in [-0.2, 0) is 14.2 Å². The molecular formula is C48H70N4O9. The Hall–Kier alpha value is -4.68. The SMILES string of the molecule is COC(=O)c1ccc(N2CCN(C(=O)OC(C)(C)C)CC2)cc1OC1CCN(C(=O)c2ccc(O[C@H]3CCN(C(=O)OC(C)(C)C)C3)c(C3CCC(C(C)(C)C)CC3)c2)CC1. The van der Waals surface area contributed by atoms with Crippen molar-refractivity contribution in [3.63, 3.8) is 0 Å². The number of nitrogens with zero attached hydrogens (tertiary/aromatic N) is 4. The molecule has 3 saturated heterocycles. The molecule has 0 aromatic heterocycles. The van der Waals surface area contributed by atoms with E-state index in [0.717, 1.165) is 42.7 Å². The maximum atomic E-state index is 14.2. The zero-order chi connectivity index (χ0) is 44.3. The van der Waals surface area contributed by atoms with E-state index in [-0.39, 0.29) is 41.6 Å². The number of rotatable bonds is 8. The van der Waals surface area contributed by atoms with E-state index in [1.54, 1.807) is 15.9 Å². The van der Waals surface area contributed by atoms with E-state index in [1.165, 1.54) is 7.11 Å². The van der Waals surface area contributed by atoms with E-state index in [4.69, 9.17) is 23.7 Å². The second-order valence-electron chi connectivity index (χ2n) is 20.4. The fourth-order valence-corrected chi connectivity index (χ4v) is 8.97. The zero-order valence-corrected chi connectivity index (χ0v) is 38.3. The molecule has 4 aliphatic rings. The number of anilines is 1. The summed E-state index contributed by atoms with van der Waals surface area (Å²) in [5.74, 6) is 1.67. The van der Waals surface area contributed by atoms with Crippen LogP contribution in [0.25, 0.3) is 0 Å². The molecule has 2 aromatic rings. The molecule has 0 N–H and O–H groups in total. The highest BCUT2D eigenvalue weighted by atomic mass is 16.6. The molecule has 4 fully saturated rings. The van der Waals surface area contributed by atoms with Crippen molar-refractivity contribution >= 4 is 29.8 Å².